The first-order valence-electron chi connectivity index (χ1n) is 7.32. The molecule has 4 nitrogen and oxygen atoms in total. The Morgan fingerprint density at radius 3 is 2.67 bits per heavy atom. The fraction of sp³-hybridized carbons (Fsp3) is 0.438. The summed E-state index contributed by atoms with van der Waals surface area (Å²) in [6.45, 7) is 6.74. The van der Waals surface area contributed by atoms with Gasteiger partial charge < -0.3 is 0 Å². The molecule has 0 atom stereocenters. The number of rotatable bonds is 6. The van der Waals surface area contributed by atoms with Crippen molar-refractivity contribution >= 4 is 17.4 Å². The molecule has 0 unspecified atom stereocenters. The van der Waals surface area contributed by atoms with Crippen molar-refractivity contribution in [1.29, 1.82) is 0 Å². The number of carbonyl (C=O) groups excluding carboxylic acids is 1. The Morgan fingerprint density at radius 2 is 2.05 bits per heavy atom. The van der Waals surface area contributed by atoms with E-state index in [-0.39, 0.29) is 12.2 Å². The Morgan fingerprint density at radius 1 is 1.29 bits per heavy atom. The second-order valence-electron chi connectivity index (χ2n) is 4.86. The van der Waals surface area contributed by atoms with Crippen LogP contribution >= 0.6 is 11.6 Å². The molecular weight excluding hydrogens is 286 g/mol. The molecule has 0 aliphatic carbocycles. The molecule has 2 aromatic heterocycles. The predicted octanol–water partition coefficient (Wildman–Crippen LogP) is 3.50. The van der Waals surface area contributed by atoms with E-state index in [9.17, 15) is 4.79 Å². The monoisotopic (exact) mass is 305 g/mol. The van der Waals surface area contributed by atoms with Crippen LogP contribution in [0.15, 0.2) is 18.5 Å². The number of hydrogen-bond donors (Lipinski definition) is 0. The van der Waals surface area contributed by atoms with E-state index in [1.165, 1.54) is 0 Å². The van der Waals surface area contributed by atoms with Crippen molar-refractivity contribution in [1.82, 2.24) is 14.8 Å². The first-order chi connectivity index (χ1) is 10.1. The molecular formula is C16H20ClN3O. The highest BCUT2D eigenvalue weighted by atomic mass is 35.5. The predicted molar refractivity (Wildman–Crippen MR) is 83.9 cm³/mol. The molecule has 0 aliphatic heterocycles. The molecule has 0 fully saturated rings. The van der Waals surface area contributed by atoms with Crippen molar-refractivity contribution in [3.05, 3.63) is 46.0 Å². The summed E-state index contributed by atoms with van der Waals surface area (Å²) in [5.41, 5.74) is 3.36. The average Bonchev–Trinajstić information content (AvgIpc) is 2.83. The molecule has 2 aromatic rings. The maximum atomic E-state index is 12.6. The van der Waals surface area contributed by atoms with E-state index in [0.29, 0.717) is 11.6 Å². The summed E-state index contributed by atoms with van der Waals surface area (Å²) in [6.07, 6.45) is 5.24. The van der Waals surface area contributed by atoms with Crippen LogP contribution in [-0.2, 0) is 25.8 Å². The zero-order valence-corrected chi connectivity index (χ0v) is 13.4. The molecule has 0 spiro atoms. The van der Waals surface area contributed by atoms with Gasteiger partial charge in [-0.1, -0.05) is 25.4 Å². The number of hydrogen-bond acceptors (Lipinski definition) is 3. The Balaban J connectivity index is 2.33. The summed E-state index contributed by atoms with van der Waals surface area (Å²) < 4.78 is 1.83. The van der Waals surface area contributed by atoms with Crippen LogP contribution in [0.2, 0.25) is 5.02 Å². The summed E-state index contributed by atoms with van der Waals surface area (Å²) in [7, 11) is 0. The number of aromatic nitrogens is 3. The van der Waals surface area contributed by atoms with Crippen molar-refractivity contribution in [3.8, 4) is 0 Å². The van der Waals surface area contributed by atoms with Gasteiger partial charge in [0.1, 0.15) is 0 Å². The fourth-order valence-electron chi connectivity index (χ4n) is 2.41. The SMILES string of the molecule is CCc1cnccc1C(=O)Cc1c(Cl)c(CC)nn1CC. The third-order valence-electron chi connectivity index (χ3n) is 3.61. The molecule has 0 bridgehead atoms. The van der Waals surface area contributed by atoms with Crippen LogP contribution in [-0.4, -0.2) is 20.5 Å². The highest BCUT2D eigenvalue weighted by Crippen LogP contribution is 2.23. The Kier molecular flexibility index (Phi) is 5.12. The van der Waals surface area contributed by atoms with Gasteiger partial charge in [0.15, 0.2) is 5.78 Å². The van der Waals surface area contributed by atoms with Crippen LogP contribution in [0.5, 0.6) is 0 Å². The molecule has 0 aliphatic rings. The minimum Gasteiger partial charge on any atom is -0.294 e. The largest absolute Gasteiger partial charge is 0.294 e. The van der Waals surface area contributed by atoms with Gasteiger partial charge in [0.25, 0.3) is 0 Å². The van der Waals surface area contributed by atoms with Crippen molar-refractivity contribution in [2.24, 2.45) is 0 Å². The van der Waals surface area contributed by atoms with Gasteiger partial charge in [-0.3, -0.25) is 14.5 Å². The van der Waals surface area contributed by atoms with E-state index in [1.807, 2.05) is 25.5 Å². The average molecular weight is 306 g/mol. The zero-order valence-electron chi connectivity index (χ0n) is 12.7. The summed E-state index contributed by atoms with van der Waals surface area (Å²) in [5, 5.41) is 5.08. The molecule has 0 N–H and O–H groups in total. The third kappa shape index (κ3) is 3.16. The lowest BCUT2D eigenvalue weighted by atomic mass is 10.0. The number of pyridine rings is 1. The normalized spacial score (nSPS) is 10.9. The van der Waals surface area contributed by atoms with Gasteiger partial charge in [0.2, 0.25) is 0 Å². The molecule has 0 aromatic carbocycles. The number of carbonyl (C=O) groups is 1. The molecule has 2 heterocycles. The molecule has 5 heteroatoms. The molecule has 0 saturated heterocycles. The summed E-state index contributed by atoms with van der Waals surface area (Å²) in [6, 6.07) is 1.78. The number of aryl methyl sites for hydroxylation is 3. The summed E-state index contributed by atoms with van der Waals surface area (Å²) in [4.78, 5) is 16.7. The van der Waals surface area contributed by atoms with Crippen molar-refractivity contribution in [3.63, 3.8) is 0 Å². The lowest BCUT2D eigenvalue weighted by molar-refractivity contribution is 0.0989. The Labute approximate surface area is 130 Å². The van der Waals surface area contributed by atoms with Crippen molar-refractivity contribution in [2.45, 2.75) is 46.6 Å². The molecule has 0 saturated carbocycles. The van der Waals surface area contributed by atoms with E-state index in [2.05, 4.69) is 10.1 Å². The lowest BCUT2D eigenvalue weighted by Gasteiger charge is -2.08. The lowest BCUT2D eigenvalue weighted by Crippen LogP contribution is -2.12. The van der Waals surface area contributed by atoms with Gasteiger partial charge in [-0.15, -0.1) is 0 Å². The molecule has 112 valence electrons. The van der Waals surface area contributed by atoms with Crippen LogP contribution < -0.4 is 0 Å². The molecule has 21 heavy (non-hydrogen) atoms. The van der Waals surface area contributed by atoms with Crippen LogP contribution in [0.25, 0.3) is 0 Å². The van der Waals surface area contributed by atoms with Gasteiger partial charge in [-0.2, -0.15) is 5.10 Å². The van der Waals surface area contributed by atoms with Crippen molar-refractivity contribution in [2.75, 3.05) is 0 Å². The number of halogens is 1. The fourth-order valence-corrected chi connectivity index (χ4v) is 2.75. The second-order valence-corrected chi connectivity index (χ2v) is 5.24. The number of ketones is 1. The van der Waals surface area contributed by atoms with E-state index >= 15 is 0 Å². The van der Waals surface area contributed by atoms with Gasteiger partial charge in [-0.25, -0.2) is 0 Å². The number of nitrogens with zero attached hydrogens (tertiary/aromatic N) is 3. The van der Waals surface area contributed by atoms with Gasteiger partial charge in [0.05, 0.1) is 22.8 Å². The van der Waals surface area contributed by atoms with Crippen molar-refractivity contribution < 1.29 is 4.79 Å². The van der Waals surface area contributed by atoms with E-state index < -0.39 is 0 Å². The maximum Gasteiger partial charge on any atom is 0.169 e. The van der Waals surface area contributed by atoms with E-state index in [4.69, 9.17) is 11.6 Å². The first-order valence-corrected chi connectivity index (χ1v) is 7.70. The number of Topliss-reactive ketones (excluding diaryl/α,β-unsaturated/α-hetero) is 1. The third-order valence-corrected chi connectivity index (χ3v) is 4.04. The van der Waals surface area contributed by atoms with Gasteiger partial charge in [-0.05, 0) is 31.4 Å². The van der Waals surface area contributed by atoms with Crippen LogP contribution in [0.4, 0.5) is 0 Å². The topological polar surface area (TPSA) is 47.8 Å². The van der Waals surface area contributed by atoms with Crippen LogP contribution in [0, 0.1) is 0 Å². The highest BCUT2D eigenvalue weighted by Gasteiger charge is 2.19. The summed E-state index contributed by atoms with van der Waals surface area (Å²) in [5.74, 6) is 0.0633. The van der Waals surface area contributed by atoms with E-state index in [1.54, 1.807) is 18.5 Å². The van der Waals surface area contributed by atoms with Crippen LogP contribution in [0.1, 0.15) is 48.1 Å². The van der Waals surface area contributed by atoms with Gasteiger partial charge >= 0.3 is 0 Å². The molecule has 2 rings (SSSR count). The first kappa shape index (κ1) is 15.7. The molecule has 0 amide bonds. The minimum atomic E-state index is 0.0633. The standard InChI is InChI=1S/C16H20ClN3O/c1-4-11-10-18-8-7-12(11)15(21)9-14-16(17)13(5-2)19-20(14)6-3/h7-8,10H,4-6,9H2,1-3H3. The maximum absolute atomic E-state index is 12.6. The summed E-state index contributed by atoms with van der Waals surface area (Å²) >= 11 is 6.37. The van der Waals surface area contributed by atoms with Crippen LogP contribution in [0.3, 0.4) is 0 Å². The van der Waals surface area contributed by atoms with Gasteiger partial charge in [0, 0.05) is 24.5 Å². The Bertz CT molecular complexity index is 649. The quantitative estimate of drug-likeness (QED) is 0.767. The Hall–Kier alpha value is -1.68. The smallest absolute Gasteiger partial charge is 0.169 e. The van der Waals surface area contributed by atoms with E-state index in [0.717, 1.165) is 35.4 Å². The second kappa shape index (κ2) is 6.85. The highest BCUT2D eigenvalue weighted by molar-refractivity contribution is 6.32. The minimum absolute atomic E-state index is 0.0633. The zero-order chi connectivity index (χ0) is 15.4. The molecule has 0 radical (unpaired) electrons.